The highest BCUT2D eigenvalue weighted by atomic mass is 32.2. The number of carbonyl (C=O) groups is 2. The molecule has 0 unspecified atom stereocenters. The van der Waals surface area contributed by atoms with Crippen LogP contribution < -0.4 is 5.32 Å². The summed E-state index contributed by atoms with van der Waals surface area (Å²) in [5.74, 6) is -3.11. The number of carboxylic acids is 1. The fraction of sp³-hybridized carbons (Fsp3) is 0.261. The molecule has 4 rings (SSSR count). The number of benzene rings is 2. The number of rotatable bonds is 6. The second-order valence-corrected chi connectivity index (χ2v) is 9.59. The van der Waals surface area contributed by atoms with Gasteiger partial charge >= 0.3 is 12.1 Å². The van der Waals surface area contributed by atoms with E-state index in [1.54, 1.807) is 28.8 Å². The first kappa shape index (κ1) is 27.8. The summed E-state index contributed by atoms with van der Waals surface area (Å²) in [6.07, 6.45) is -3.58. The molecule has 198 valence electrons. The van der Waals surface area contributed by atoms with Crippen LogP contribution in [0.1, 0.15) is 21.7 Å². The van der Waals surface area contributed by atoms with Crippen LogP contribution in [0.15, 0.2) is 65.8 Å². The summed E-state index contributed by atoms with van der Waals surface area (Å²) in [6, 6.07) is 16.3. The van der Waals surface area contributed by atoms with Crippen LogP contribution in [0, 0.1) is 0 Å². The number of methoxy groups -OCH3 is 1. The number of ether oxygens (including phenoxy) is 1. The first-order valence-electron chi connectivity index (χ1n) is 10.7. The summed E-state index contributed by atoms with van der Waals surface area (Å²) >= 11 is 0. The number of halogens is 3. The van der Waals surface area contributed by atoms with Gasteiger partial charge in [-0.2, -0.15) is 17.5 Å². The zero-order valence-electron chi connectivity index (χ0n) is 19.5. The van der Waals surface area contributed by atoms with Gasteiger partial charge in [-0.25, -0.2) is 18.2 Å². The minimum Gasteiger partial charge on any atom is -0.475 e. The highest BCUT2D eigenvalue weighted by Gasteiger charge is 2.38. The Morgan fingerprint density at radius 1 is 1.11 bits per heavy atom. The molecule has 14 heteroatoms. The molecule has 0 aliphatic carbocycles. The molecule has 0 saturated carbocycles. The van der Waals surface area contributed by atoms with Crippen LogP contribution in [-0.2, 0) is 32.6 Å². The Morgan fingerprint density at radius 3 is 2.35 bits per heavy atom. The normalized spacial score (nSPS) is 14.4. The summed E-state index contributed by atoms with van der Waals surface area (Å²) in [5.41, 5.74) is 2.17. The SMILES string of the molecule is COCCN1Cc2c(C(=O)NCc3ccccc3)ncn2-c2ccccc2S1(=O)=O.O=C(O)C(F)(F)F. The summed E-state index contributed by atoms with van der Waals surface area (Å²) in [4.78, 5) is 26.3. The predicted molar refractivity (Wildman–Crippen MR) is 124 cm³/mol. The lowest BCUT2D eigenvalue weighted by Gasteiger charge is -2.20. The number of amides is 1. The van der Waals surface area contributed by atoms with Gasteiger partial charge in [-0.3, -0.25) is 9.36 Å². The van der Waals surface area contributed by atoms with Crippen molar-refractivity contribution < 1.29 is 41.0 Å². The fourth-order valence-corrected chi connectivity index (χ4v) is 5.01. The topological polar surface area (TPSA) is 131 Å². The molecule has 1 aromatic heterocycles. The van der Waals surface area contributed by atoms with Crippen LogP contribution in [0.3, 0.4) is 0 Å². The maximum atomic E-state index is 13.2. The molecule has 1 aliphatic heterocycles. The smallest absolute Gasteiger partial charge is 0.475 e. The standard InChI is InChI=1S/C21H22N4O4S.C2HF3O2/c1-29-12-11-24-14-18-20(21(26)22-13-16-7-3-2-4-8-16)23-15-25(18)17-9-5-6-10-19(17)30(24,27)28;3-2(4,5)1(6)7/h2-10,15H,11-14H2,1H3,(H,22,26);(H,6,7). The molecule has 37 heavy (non-hydrogen) atoms. The minimum atomic E-state index is -5.08. The molecule has 0 bridgehead atoms. The van der Waals surface area contributed by atoms with Gasteiger partial charge in [-0.05, 0) is 17.7 Å². The van der Waals surface area contributed by atoms with E-state index in [1.807, 2.05) is 30.3 Å². The van der Waals surface area contributed by atoms with Crippen molar-refractivity contribution in [3.05, 3.63) is 77.9 Å². The molecule has 0 atom stereocenters. The van der Waals surface area contributed by atoms with Crippen LogP contribution in [0.5, 0.6) is 0 Å². The number of carbonyl (C=O) groups excluding carboxylic acids is 1. The lowest BCUT2D eigenvalue weighted by molar-refractivity contribution is -0.192. The molecule has 1 aliphatic rings. The largest absolute Gasteiger partial charge is 0.490 e. The molecule has 2 aromatic carbocycles. The number of nitrogens with zero attached hydrogens (tertiary/aromatic N) is 3. The average molecular weight is 541 g/mol. The van der Waals surface area contributed by atoms with E-state index in [2.05, 4.69) is 10.3 Å². The van der Waals surface area contributed by atoms with Gasteiger partial charge in [-0.15, -0.1) is 0 Å². The second-order valence-electron chi connectivity index (χ2n) is 7.68. The number of fused-ring (bicyclic) bond motifs is 3. The third-order valence-electron chi connectivity index (χ3n) is 5.23. The quantitative estimate of drug-likeness (QED) is 0.492. The van der Waals surface area contributed by atoms with E-state index in [9.17, 15) is 26.4 Å². The summed E-state index contributed by atoms with van der Waals surface area (Å²) < 4.78 is 66.3. The number of aromatic nitrogens is 2. The van der Waals surface area contributed by atoms with Crippen molar-refractivity contribution in [2.24, 2.45) is 0 Å². The summed E-state index contributed by atoms with van der Waals surface area (Å²) in [6.45, 7) is 0.789. The number of imidazole rings is 1. The van der Waals surface area contributed by atoms with Crippen LogP contribution in [0.4, 0.5) is 13.2 Å². The van der Waals surface area contributed by atoms with Crippen molar-refractivity contribution in [2.45, 2.75) is 24.2 Å². The van der Waals surface area contributed by atoms with E-state index in [-0.39, 0.29) is 36.2 Å². The average Bonchev–Trinajstić information content (AvgIpc) is 3.25. The monoisotopic (exact) mass is 540 g/mol. The van der Waals surface area contributed by atoms with Crippen LogP contribution in [0.25, 0.3) is 5.69 Å². The molecular formula is C23H23F3N4O6S. The molecule has 0 radical (unpaired) electrons. The van der Waals surface area contributed by atoms with Crippen LogP contribution >= 0.6 is 0 Å². The molecule has 0 spiro atoms. The molecule has 0 saturated heterocycles. The van der Waals surface area contributed by atoms with Gasteiger partial charge < -0.3 is 15.2 Å². The van der Waals surface area contributed by atoms with Gasteiger partial charge in [0.15, 0.2) is 5.69 Å². The van der Waals surface area contributed by atoms with Gasteiger partial charge in [-0.1, -0.05) is 42.5 Å². The van der Waals surface area contributed by atoms with E-state index >= 15 is 0 Å². The van der Waals surface area contributed by atoms with Crippen molar-refractivity contribution in [3.63, 3.8) is 0 Å². The van der Waals surface area contributed by atoms with Crippen molar-refractivity contribution in [3.8, 4) is 5.69 Å². The number of hydrogen-bond acceptors (Lipinski definition) is 6. The van der Waals surface area contributed by atoms with Gasteiger partial charge in [0.2, 0.25) is 10.0 Å². The van der Waals surface area contributed by atoms with E-state index in [1.165, 1.54) is 17.7 Å². The molecular weight excluding hydrogens is 517 g/mol. The molecule has 1 amide bonds. The first-order chi connectivity index (χ1) is 17.5. The third kappa shape index (κ3) is 6.53. The van der Waals surface area contributed by atoms with Gasteiger partial charge in [0, 0.05) is 20.2 Å². The second kappa shape index (κ2) is 11.5. The Morgan fingerprint density at radius 2 is 1.73 bits per heavy atom. The van der Waals surface area contributed by atoms with Crippen molar-refractivity contribution in [1.29, 1.82) is 0 Å². The van der Waals surface area contributed by atoms with Crippen molar-refractivity contribution in [1.82, 2.24) is 19.2 Å². The zero-order valence-corrected chi connectivity index (χ0v) is 20.3. The van der Waals surface area contributed by atoms with Gasteiger partial charge in [0.25, 0.3) is 5.91 Å². The Kier molecular flexibility index (Phi) is 8.68. The zero-order chi connectivity index (χ0) is 27.2. The van der Waals surface area contributed by atoms with E-state index in [0.717, 1.165) is 5.56 Å². The maximum absolute atomic E-state index is 13.2. The number of aliphatic carboxylic acids is 1. The molecule has 10 nitrogen and oxygen atoms in total. The number of nitrogens with one attached hydrogen (secondary N) is 1. The fourth-order valence-electron chi connectivity index (χ4n) is 3.44. The Hall–Kier alpha value is -3.75. The van der Waals surface area contributed by atoms with Crippen LogP contribution in [0.2, 0.25) is 0 Å². The van der Waals surface area contributed by atoms with Gasteiger partial charge in [0.1, 0.15) is 11.2 Å². The van der Waals surface area contributed by atoms with E-state index < -0.39 is 22.2 Å². The molecule has 2 N–H and O–H groups in total. The molecule has 0 fully saturated rings. The van der Waals surface area contributed by atoms with Gasteiger partial charge in [0.05, 0.1) is 24.5 Å². The minimum absolute atomic E-state index is 0.0223. The summed E-state index contributed by atoms with van der Waals surface area (Å²) in [5, 5.41) is 9.99. The molecule has 3 aromatic rings. The summed E-state index contributed by atoms with van der Waals surface area (Å²) in [7, 11) is -2.23. The first-order valence-corrected chi connectivity index (χ1v) is 12.2. The van der Waals surface area contributed by atoms with Crippen LogP contribution in [-0.4, -0.2) is 65.7 Å². The Labute approximate surface area is 210 Å². The van der Waals surface area contributed by atoms with Crippen molar-refractivity contribution in [2.75, 3.05) is 20.3 Å². The van der Waals surface area contributed by atoms with E-state index in [4.69, 9.17) is 14.6 Å². The maximum Gasteiger partial charge on any atom is 0.490 e. The number of para-hydroxylation sites is 1. The Balaban J connectivity index is 0.000000479. The lowest BCUT2D eigenvalue weighted by Crippen LogP contribution is -2.33. The number of hydrogen-bond donors (Lipinski definition) is 2. The highest BCUT2D eigenvalue weighted by Crippen LogP contribution is 2.31. The van der Waals surface area contributed by atoms with E-state index in [0.29, 0.717) is 17.9 Å². The number of sulfonamides is 1. The highest BCUT2D eigenvalue weighted by molar-refractivity contribution is 7.89. The van der Waals surface area contributed by atoms with Crippen molar-refractivity contribution >= 4 is 21.9 Å². The lowest BCUT2D eigenvalue weighted by atomic mass is 10.2. The molecule has 2 heterocycles. The Bertz CT molecular complexity index is 1360. The number of alkyl halides is 3. The number of carboxylic acid groups (broad SMARTS) is 1. The predicted octanol–water partition coefficient (Wildman–Crippen LogP) is 2.59. The third-order valence-corrected chi connectivity index (χ3v) is 7.13.